The van der Waals surface area contributed by atoms with Crippen molar-refractivity contribution in [1.82, 2.24) is 5.32 Å². The first-order valence-electron chi connectivity index (χ1n) is 7.12. The zero-order valence-electron chi connectivity index (χ0n) is 12.2. The summed E-state index contributed by atoms with van der Waals surface area (Å²) in [4.78, 5) is 12.9. The van der Waals surface area contributed by atoms with E-state index in [-0.39, 0.29) is 12.5 Å². The Morgan fingerprint density at radius 2 is 1.96 bits per heavy atom. The number of amides is 1. The quantitative estimate of drug-likeness (QED) is 0.774. The van der Waals surface area contributed by atoms with Crippen molar-refractivity contribution in [2.45, 2.75) is 6.10 Å². The van der Waals surface area contributed by atoms with Crippen LogP contribution in [-0.4, -0.2) is 17.6 Å². The molecule has 2 aromatic carbocycles. The molecule has 0 aliphatic rings. The second-order valence-corrected chi connectivity index (χ2v) is 6.22. The lowest BCUT2D eigenvalue weighted by Gasteiger charge is -2.10. The second kappa shape index (κ2) is 6.61. The highest BCUT2D eigenvalue weighted by molar-refractivity contribution is 7.19. The van der Waals surface area contributed by atoms with Crippen LogP contribution >= 0.6 is 11.3 Å². The van der Waals surface area contributed by atoms with Crippen molar-refractivity contribution in [3.05, 3.63) is 70.6 Å². The summed E-state index contributed by atoms with van der Waals surface area (Å²) in [6.45, 7) is 0.145. The lowest BCUT2D eigenvalue weighted by Crippen LogP contribution is -2.28. The highest BCUT2D eigenvalue weighted by Gasteiger charge is 2.13. The van der Waals surface area contributed by atoms with Gasteiger partial charge in [0.25, 0.3) is 5.91 Å². The number of carbonyl (C=O) groups is 1. The summed E-state index contributed by atoms with van der Waals surface area (Å²) in [6.07, 6.45) is -0.741. The highest BCUT2D eigenvalue weighted by atomic mass is 32.1. The molecule has 5 heteroatoms. The Balaban J connectivity index is 1.64. The lowest BCUT2D eigenvalue weighted by molar-refractivity contribution is 0.0918. The fraction of sp³-hybridized carbons (Fsp3) is 0.111. The van der Waals surface area contributed by atoms with Crippen LogP contribution in [0.5, 0.6) is 0 Å². The van der Waals surface area contributed by atoms with Crippen molar-refractivity contribution in [3.8, 4) is 6.07 Å². The van der Waals surface area contributed by atoms with Gasteiger partial charge in [0, 0.05) is 21.7 Å². The van der Waals surface area contributed by atoms with E-state index in [2.05, 4.69) is 5.32 Å². The maximum absolute atomic E-state index is 12.1. The SMILES string of the molecule is N#Cc1ccc(C(=O)NCC(O)c2cc3ccccc3s2)cc1. The smallest absolute Gasteiger partial charge is 0.251 e. The monoisotopic (exact) mass is 322 g/mol. The Kier molecular flexibility index (Phi) is 4.38. The average Bonchev–Trinajstić information content (AvgIpc) is 3.03. The summed E-state index contributed by atoms with van der Waals surface area (Å²) >= 11 is 1.52. The van der Waals surface area contributed by atoms with Crippen molar-refractivity contribution < 1.29 is 9.90 Å². The predicted octanol–water partition coefficient (Wildman–Crippen LogP) is 3.24. The third-order valence-corrected chi connectivity index (χ3v) is 4.72. The van der Waals surface area contributed by atoms with E-state index in [1.54, 1.807) is 24.3 Å². The maximum Gasteiger partial charge on any atom is 0.251 e. The number of aliphatic hydroxyl groups is 1. The molecule has 0 radical (unpaired) electrons. The van der Waals surface area contributed by atoms with E-state index in [1.807, 2.05) is 36.4 Å². The minimum atomic E-state index is -0.741. The molecule has 3 aromatic rings. The van der Waals surface area contributed by atoms with Crippen LogP contribution in [0.4, 0.5) is 0 Å². The molecule has 1 unspecified atom stereocenters. The molecule has 2 N–H and O–H groups in total. The number of hydrogen-bond acceptors (Lipinski definition) is 4. The molecule has 1 aromatic heterocycles. The van der Waals surface area contributed by atoms with Crippen LogP contribution in [-0.2, 0) is 0 Å². The third-order valence-electron chi connectivity index (χ3n) is 3.51. The largest absolute Gasteiger partial charge is 0.386 e. The Bertz CT molecular complexity index is 845. The first-order valence-corrected chi connectivity index (χ1v) is 7.94. The lowest BCUT2D eigenvalue weighted by atomic mass is 10.1. The van der Waals surface area contributed by atoms with Crippen LogP contribution in [0.3, 0.4) is 0 Å². The predicted molar refractivity (Wildman–Crippen MR) is 90.3 cm³/mol. The first-order chi connectivity index (χ1) is 11.2. The number of hydrogen-bond donors (Lipinski definition) is 2. The van der Waals surface area contributed by atoms with Gasteiger partial charge in [0.1, 0.15) is 6.10 Å². The van der Waals surface area contributed by atoms with Crippen LogP contribution in [0, 0.1) is 11.3 Å². The summed E-state index contributed by atoms with van der Waals surface area (Å²) in [5.74, 6) is -0.269. The summed E-state index contributed by atoms with van der Waals surface area (Å²) in [5, 5.41) is 22.8. The molecule has 3 rings (SSSR count). The molecule has 1 heterocycles. The second-order valence-electron chi connectivity index (χ2n) is 5.10. The number of nitrogens with zero attached hydrogens (tertiary/aromatic N) is 1. The Morgan fingerprint density at radius 3 is 2.65 bits per heavy atom. The molecule has 0 aliphatic heterocycles. The highest BCUT2D eigenvalue weighted by Crippen LogP contribution is 2.29. The molecular formula is C18H14N2O2S. The summed E-state index contributed by atoms with van der Waals surface area (Å²) < 4.78 is 1.11. The fourth-order valence-corrected chi connectivity index (χ4v) is 3.31. The van der Waals surface area contributed by atoms with Crippen molar-refractivity contribution in [3.63, 3.8) is 0 Å². The van der Waals surface area contributed by atoms with Gasteiger partial charge in [-0.1, -0.05) is 18.2 Å². The topological polar surface area (TPSA) is 73.1 Å². The van der Waals surface area contributed by atoms with Crippen molar-refractivity contribution >= 4 is 27.3 Å². The van der Waals surface area contributed by atoms with Crippen molar-refractivity contribution in [2.75, 3.05) is 6.54 Å². The molecule has 0 bridgehead atoms. The molecule has 1 amide bonds. The molecule has 0 fully saturated rings. The van der Waals surface area contributed by atoms with Crippen LogP contribution in [0.15, 0.2) is 54.6 Å². The van der Waals surface area contributed by atoms with E-state index in [1.165, 1.54) is 11.3 Å². The number of benzene rings is 2. The molecule has 1 atom stereocenters. The van der Waals surface area contributed by atoms with E-state index < -0.39 is 6.10 Å². The minimum Gasteiger partial charge on any atom is -0.386 e. The Labute approximate surface area is 137 Å². The zero-order valence-corrected chi connectivity index (χ0v) is 13.0. The van der Waals surface area contributed by atoms with Gasteiger partial charge in [-0.25, -0.2) is 0 Å². The van der Waals surface area contributed by atoms with Crippen LogP contribution < -0.4 is 5.32 Å². The number of rotatable bonds is 4. The van der Waals surface area contributed by atoms with Crippen LogP contribution in [0.1, 0.15) is 26.9 Å². The van der Waals surface area contributed by atoms with Crippen LogP contribution in [0.25, 0.3) is 10.1 Å². The van der Waals surface area contributed by atoms with Gasteiger partial charge >= 0.3 is 0 Å². The summed E-state index contributed by atoms with van der Waals surface area (Å²) in [5.41, 5.74) is 0.972. The van der Waals surface area contributed by atoms with E-state index in [9.17, 15) is 9.90 Å². The van der Waals surface area contributed by atoms with Gasteiger partial charge in [0.05, 0.1) is 11.6 Å². The molecule has 4 nitrogen and oxygen atoms in total. The van der Waals surface area contributed by atoms with Gasteiger partial charge in [0.2, 0.25) is 0 Å². The fourth-order valence-electron chi connectivity index (χ4n) is 2.25. The molecule has 0 spiro atoms. The van der Waals surface area contributed by atoms with Gasteiger partial charge in [0.15, 0.2) is 0 Å². The van der Waals surface area contributed by atoms with Crippen molar-refractivity contribution in [2.24, 2.45) is 0 Å². The van der Waals surface area contributed by atoms with Gasteiger partial charge in [-0.2, -0.15) is 5.26 Å². The number of thiophene rings is 1. The summed E-state index contributed by atoms with van der Waals surface area (Å²) in [7, 11) is 0. The van der Waals surface area contributed by atoms with Crippen LogP contribution in [0.2, 0.25) is 0 Å². The number of carbonyl (C=O) groups excluding carboxylic acids is 1. The first kappa shape index (κ1) is 15.2. The van der Waals surface area contributed by atoms with Crippen molar-refractivity contribution in [1.29, 1.82) is 5.26 Å². The van der Waals surface area contributed by atoms with E-state index in [4.69, 9.17) is 5.26 Å². The number of nitrogens with one attached hydrogen (secondary N) is 1. The number of fused-ring (bicyclic) bond motifs is 1. The number of nitriles is 1. The van der Waals surface area contributed by atoms with Gasteiger partial charge in [-0.15, -0.1) is 11.3 Å². The standard InChI is InChI=1S/C18H14N2O2S/c19-10-12-5-7-13(8-6-12)18(22)20-11-15(21)17-9-14-3-1-2-4-16(14)23-17/h1-9,15,21H,11H2,(H,20,22). The normalized spacial score (nSPS) is 11.8. The van der Waals surface area contributed by atoms with E-state index in [0.29, 0.717) is 11.1 Å². The number of aliphatic hydroxyl groups excluding tert-OH is 1. The van der Waals surface area contributed by atoms with Gasteiger partial charge < -0.3 is 10.4 Å². The molecular weight excluding hydrogens is 308 g/mol. The molecule has 114 valence electrons. The van der Waals surface area contributed by atoms with E-state index >= 15 is 0 Å². The molecule has 0 saturated heterocycles. The summed E-state index contributed by atoms with van der Waals surface area (Å²) in [6, 6.07) is 18.3. The van der Waals surface area contributed by atoms with E-state index in [0.717, 1.165) is 15.0 Å². The van der Waals surface area contributed by atoms with Gasteiger partial charge in [-0.3, -0.25) is 4.79 Å². The average molecular weight is 322 g/mol. The minimum absolute atomic E-state index is 0.145. The molecule has 0 aliphatic carbocycles. The molecule has 23 heavy (non-hydrogen) atoms. The maximum atomic E-state index is 12.1. The Morgan fingerprint density at radius 1 is 1.22 bits per heavy atom. The zero-order chi connectivity index (χ0) is 16.2. The molecule has 0 saturated carbocycles. The van der Waals surface area contributed by atoms with Gasteiger partial charge in [-0.05, 0) is 41.8 Å². The Hall–Kier alpha value is -2.68. The third kappa shape index (κ3) is 3.39.